The number of carboxylic acid groups (broad SMARTS) is 2. The Kier molecular flexibility index (Phi) is 7.08. The molecule has 0 aromatic carbocycles. The second kappa shape index (κ2) is 7.75. The van der Waals surface area contributed by atoms with Crippen LogP contribution in [0.3, 0.4) is 0 Å². The summed E-state index contributed by atoms with van der Waals surface area (Å²) < 4.78 is 5.43. The number of hydrogen-bond donors (Lipinski definition) is 3. The zero-order chi connectivity index (χ0) is 13.4. The van der Waals surface area contributed by atoms with Crippen LogP contribution < -0.4 is 0 Å². The van der Waals surface area contributed by atoms with Crippen molar-refractivity contribution in [1.82, 2.24) is 4.90 Å². The second-order valence-electron chi connectivity index (χ2n) is 3.37. The first-order valence-corrected chi connectivity index (χ1v) is 5.29. The highest BCUT2D eigenvalue weighted by molar-refractivity contribution is 7.79. The summed E-state index contributed by atoms with van der Waals surface area (Å²) in [5.41, 5.74) is 0. The van der Waals surface area contributed by atoms with Gasteiger partial charge in [-0.1, -0.05) is 0 Å². The zero-order valence-corrected chi connectivity index (χ0v) is 10.5. The molecule has 0 saturated heterocycles. The average molecular weight is 261 g/mol. The fourth-order valence-electron chi connectivity index (χ4n) is 0.904. The lowest BCUT2D eigenvalue weighted by molar-refractivity contribution is -0.159. The number of aliphatic carboxylic acids is 2. The molecule has 1 rings (SSSR count). The molecule has 0 bridgehead atoms. The molecule has 0 aliphatic carbocycles. The van der Waals surface area contributed by atoms with Gasteiger partial charge in [0, 0.05) is 5.75 Å². The summed E-state index contributed by atoms with van der Waals surface area (Å²) in [5.74, 6) is -1.04. The van der Waals surface area contributed by atoms with Crippen LogP contribution in [0.15, 0.2) is 16.5 Å². The van der Waals surface area contributed by atoms with Crippen LogP contribution in [0.4, 0.5) is 0 Å². The van der Waals surface area contributed by atoms with Gasteiger partial charge in [0.15, 0.2) is 0 Å². The molecule has 0 aliphatic heterocycles. The fourth-order valence-corrected chi connectivity index (χ4v) is 1.07. The molecule has 0 aliphatic rings. The molecular weight excluding hydrogens is 246 g/mol. The van der Waals surface area contributed by atoms with E-state index >= 15 is 0 Å². The van der Waals surface area contributed by atoms with Gasteiger partial charge >= 0.3 is 11.9 Å². The minimum absolute atomic E-state index is 0.674. The van der Waals surface area contributed by atoms with Gasteiger partial charge in [0.05, 0.1) is 6.54 Å². The van der Waals surface area contributed by atoms with Crippen LogP contribution >= 0.6 is 12.6 Å². The summed E-state index contributed by atoms with van der Waals surface area (Å²) in [6, 6.07) is 3.96. The van der Waals surface area contributed by atoms with Crippen LogP contribution in [0.5, 0.6) is 0 Å². The van der Waals surface area contributed by atoms with E-state index in [-0.39, 0.29) is 0 Å². The van der Waals surface area contributed by atoms with Crippen molar-refractivity contribution < 1.29 is 24.2 Å². The SMILES string of the molecule is CN(C)Cc1ccc(CS)o1.O=C(O)C(=O)O. The monoisotopic (exact) mass is 261 g/mol. The summed E-state index contributed by atoms with van der Waals surface area (Å²) in [4.78, 5) is 20.3. The van der Waals surface area contributed by atoms with Crippen LogP contribution in [-0.2, 0) is 21.9 Å². The van der Waals surface area contributed by atoms with Gasteiger partial charge in [0.25, 0.3) is 0 Å². The molecule has 0 atom stereocenters. The highest BCUT2D eigenvalue weighted by atomic mass is 32.1. The summed E-state index contributed by atoms with van der Waals surface area (Å²) >= 11 is 4.11. The summed E-state index contributed by atoms with van der Waals surface area (Å²) in [7, 11) is 4.03. The van der Waals surface area contributed by atoms with Gasteiger partial charge in [-0.25, -0.2) is 9.59 Å². The maximum atomic E-state index is 9.10. The lowest BCUT2D eigenvalue weighted by Crippen LogP contribution is -2.09. The molecule has 0 amide bonds. The van der Waals surface area contributed by atoms with Crippen molar-refractivity contribution in [2.45, 2.75) is 12.3 Å². The van der Waals surface area contributed by atoms with Crippen LogP contribution in [-0.4, -0.2) is 41.1 Å². The largest absolute Gasteiger partial charge is 0.473 e. The third kappa shape index (κ3) is 7.42. The minimum Gasteiger partial charge on any atom is -0.473 e. The third-order valence-corrected chi connectivity index (χ3v) is 1.84. The first-order chi connectivity index (χ1) is 7.86. The van der Waals surface area contributed by atoms with Gasteiger partial charge < -0.3 is 19.5 Å². The second-order valence-corrected chi connectivity index (χ2v) is 3.69. The van der Waals surface area contributed by atoms with E-state index in [1.165, 1.54) is 0 Å². The van der Waals surface area contributed by atoms with Crippen LogP contribution in [0.2, 0.25) is 0 Å². The number of carbonyl (C=O) groups is 2. The van der Waals surface area contributed by atoms with Gasteiger partial charge in [0.1, 0.15) is 11.5 Å². The lowest BCUT2D eigenvalue weighted by Gasteiger charge is -2.05. The van der Waals surface area contributed by atoms with E-state index in [2.05, 4.69) is 17.5 Å². The van der Waals surface area contributed by atoms with Gasteiger partial charge in [0.2, 0.25) is 0 Å². The molecule has 1 aromatic rings. The molecule has 0 unspecified atom stereocenters. The minimum atomic E-state index is -1.82. The molecule has 0 radical (unpaired) electrons. The normalized spacial score (nSPS) is 9.65. The number of rotatable bonds is 3. The molecule has 1 heterocycles. The van der Waals surface area contributed by atoms with Crippen molar-refractivity contribution in [2.24, 2.45) is 0 Å². The first kappa shape index (κ1) is 15.5. The van der Waals surface area contributed by atoms with Crippen LogP contribution in [0.1, 0.15) is 11.5 Å². The van der Waals surface area contributed by atoms with E-state index in [0.717, 1.165) is 18.1 Å². The maximum Gasteiger partial charge on any atom is 0.414 e. The van der Waals surface area contributed by atoms with Gasteiger partial charge in [-0.15, -0.1) is 0 Å². The summed E-state index contributed by atoms with van der Waals surface area (Å²) in [6.45, 7) is 0.855. The zero-order valence-electron chi connectivity index (χ0n) is 9.58. The van der Waals surface area contributed by atoms with E-state index in [9.17, 15) is 0 Å². The summed E-state index contributed by atoms with van der Waals surface area (Å²) in [5, 5.41) is 14.8. The average Bonchev–Trinajstić information content (AvgIpc) is 2.65. The van der Waals surface area contributed by atoms with E-state index in [1.54, 1.807) is 0 Å². The number of nitrogens with zero attached hydrogens (tertiary/aromatic N) is 1. The van der Waals surface area contributed by atoms with Crippen LogP contribution in [0.25, 0.3) is 0 Å². The summed E-state index contributed by atoms with van der Waals surface area (Å²) in [6.07, 6.45) is 0. The maximum absolute atomic E-state index is 9.10. The van der Waals surface area contributed by atoms with Crippen LogP contribution in [0, 0.1) is 0 Å². The molecule has 0 saturated carbocycles. The van der Waals surface area contributed by atoms with E-state index in [0.29, 0.717) is 5.75 Å². The van der Waals surface area contributed by atoms with Crippen molar-refractivity contribution in [3.05, 3.63) is 23.7 Å². The highest BCUT2D eigenvalue weighted by Crippen LogP contribution is 2.10. The van der Waals surface area contributed by atoms with E-state index in [1.807, 2.05) is 26.2 Å². The predicted molar refractivity (Wildman–Crippen MR) is 64.1 cm³/mol. The van der Waals surface area contributed by atoms with Crippen molar-refractivity contribution in [1.29, 1.82) is 0 Å². The Balaban J connectivity index is 0.000000366. The molecule has 7 heteroatoms. The topological polar surface area (TPSA) is 91.0 Å². The third-order valence-electron chi connectivity index (χ3n) is 1.53. The molecule has 17 heavy (non-hydrogen) atoms. The fraction of sp³-hybridized carbons (Fsp3) is 0.400. The standard InChI is InChI=1S/C8H13NOS.C2H2O4/c1-9(2)5-7-3-4-8(6-11)10-7;3-1(4)2(5)6/h3-4,11H,5-6H2,1-2H3;(H,3,4)(H,5,6). The molecule has 0 fully saturated rings. The number of carboxylic acids is 2. The molecule has 1 aromatic heterocycles. The Bertz CT molecular complexity index is 363. The Morgan fingerprint density at radius 2 is 1.71 bits per heavy atom. The quantitative estimate of drug-likeness (QED) is 0.554. The van der Waals surface area contributed by atoms with Gasteiger partial charge in [-0.2, -0.15) is 12.6 Å². The van der Waals surface area contributed by atoms with Gasteiger partial charge in [-0.3, -0.25) is 0 Å². The van der Waals surface area contributed by atoms with Crippen molar-refractivity contribution in [3.63, 3.8) is 0 Å². The molecular formula is C10H15NO5S. The molecule has 2 N–H and O–H groups in total. The Labute approximate surface area is 104 Å². The Morgan fingerprint density at radius 1 is 1.24 bits per heavy atom. The van der Waals surface area contributed by atoms with E-state index < -0.39 is 11.9 Å². The Morgan fingerprint density at radius 3 is 2.00 bits per heavy atom. The number of furan rings is 1. The predicted octanol–water partition coefficient (Wildman–Crippen LogP) is 0.927. The first-order valence-electron chi connectivity index (χ1n) is 4.66. The lowest BCUT2D eigenvalue weighted by atomic mass is 10.4. The smallest absolute Gasteiger partial charge is 0.414 e. The molecule has 96 valence electrons. The highest BCUT2D eigenvalue weighted by Gasteiger charge is 2.04. The van der Waals surface area contributed by atoms with Crippen molar-refractivity contribution in [3.8, 4) is 0 Å². The molecule has 6 nitrogen and oxygen atoms in total. The van der Waals surface area contributed by atoms with E-state index in [4.69, 9.17) is 24.2 Å². The van der Waals surface area contributed by atoms with Crippen molar-refractivity contribution >= 4 is 24.6 Å². The van der Waals surface area contributed by atoms with Crippen molar-refractivity contribution in [2.75, 3.05) is 14.1 Å². The number of hydrogen-bond acceptors (Lipinski definition) is 5. The Hall–Kier alpha value is -1.47. The number of thiol groups is 1. The van der Waals surface area contributed by atoms with Gasteiger partial charge in [-0.05, 0) is 26.2 Å². The molecule has 0 spiro atoms.